The molecule has 56 heavy (non-hydrogen) atoms. The van der Waals surface area contributed by atoms with Gasteiger partial charge in [-0.25, -0.2) is 9.97 Å². The van der Waals surface area contributed by atoms with Crippen molar-refractivity contribution in [1.82, 2.24) is 19.5 Å². The summed E-state index contributed by atoms with van der Waals surface area (Å²) in [6.45, 7) is 0. The zero-order valence-electron chi connectivity index (χ0n) is 30.4. The smallest absolute Gasteiger partial charge is 0.0737 e. The summed E-state index contributed by atoms with van der Waals surface area (Å²) < 4.78 is 2.43. The molecule has 8 bridgehead atoms. The molecule has 0 unspecified atom stereocenters. The third-order valence-electron chi connectivity index (χ3n) is 10.4. The van der Waals surface area contributed by atoms with E-state index in [2.05, 4.69) is 161 Å². The number of hydrogen-bond acceptors (Lipinski definition) is 6. The summed E-state index contributed by atoms with van der Waals surface area (Å²) in [6.07, 6.45) is 8.43. The van der Waals surface area contributed by atoms with Crippen molar-refractivity contribution in [3.05, 3.63) is 172 Å². The Hall–Kier alpha value is -5.12. The number of nitrogens with zero attached hydrogens (tertiary/aromatic N) is 3. The summed E-state index contributed by atoms with van der Waals surface area (Å²) in [5, 5.41) is 0. The van der Waals surface area contributed by atoms with E-state index in [1.54, 1.807) is 0 Å². The van der Waals surface area contributed by atoms with Crippen LogP contribution in [0.4, 0.5) is 0 Å². The molecule has 5 heterocycles. The van der Waals surface area contributed by atoms with Gasteiger partial charge in [0.25, 0.3) is 0 Å². The minimum atomic E-state index is 0.541. The fraction of sp³-hybridized carbons (Fsp3) is 0.0833. The maximum absolute atomic E-state index is 5.42. The van der Waals surface area contributed by atoms with Gasteiger partial charge >= 0.3 is 0 Å². The molecule has 7 aromatic rings. The molecule has 0 aliphatic carbocycles. The number of aromatic amines is 1. The van der Waals surface area contributed by atoms with E-state index in [1.165, 1.54) is 0 Å². The lowest BCUT2D eigenvalue weighted by Crippen LogP contribution is -2.01. The summed E-state index contributed by atoms with van der Waals surface area (Å²) >= 11 is 19.7. The van der Waals surface area contributed by atoms with Gasteiger partial charge in [0, 0.05) is 50.7 Å². The van der Waals surface area contributed by atoms with Crippen LogP contribution >= 0.6 is 50.5 Å². The van der Waals surface area contributed by atoms with Crippen LogP contribution in [0.15, 0.2) is 127 Å². The molecule has 274 valence electrons. The fourth-order valence-electron chi connectivity index (χ4n) is 7.91. The van der Waals surface area contributed by atoms with Crippen molar-refractivity contribution >= 4 is 96.9 Å². The maximum atomic E-state index is 5.42. The van der Waals surface area contributed by atoms with Crippen LogP contribution in [0.1, 0.15) is 45.0 Å². The monoisotopic (exact) mass is 798 g/mol. The van der Waals surface area contributed by atoms with Crippen molar-refractivity contribution in [3.63, 3.8) is 0 Å². The molecular formula is C48H38N4S4. The standard InChI is InChI=1S/C48H38N4S4/c53-26-30-9-1-5-13-39(30)45-42-22-21-37(51-42)24-36-18-17-34(49-36)23-35-19-20-38(50-35)25-44-46(40-14-6-2-10-31(40)27-54)47(41-15-7-3-11-32(41)28-55)48(45)52(44)43-16-8-4-12-33(43)29-56/h1-25,49,53-56H,26-29H2. The minimum absolute atomic E-state index is 0.541. The number of rotatable bonds is 8. The maximum Gasteiger partial charge on any atom is 0.0737 e. The van der Waals surface area contributed by atoms with E-state index in [1.807, 2.05) is 0 Å². The number of H-pyrrole nitrogens is 1. The van der Waals surface area contributed by atoms with Crippen LogP contribution in [0.5, 0.6) is 0 Å². The van der Waals surface area contributed by atoms with Crippen molar-refractivity contribution in [3.8, 4) is 39.1 Å². The van der Waals surface area contributed by atoms with E-state index in [4.69, 9.17) is 60.5 Å². The molecule has 0 saturated heterocycles. The first kappa shape index (κ1) is 36.5. The van der Waals surface area contributed by atoms with Gasteiger partial charge in [-0.1, -0.05) is 91.0 Å². The van der Waals surface area contributed by atoms with Crippen LogP contribution in [0.3, 0.4) is 0 Å². The zero-order valence-corrected chi connectivity index (χ0v) is 34.0. The van der Waals surface area contributed by atoms with Gasteiger partial charge in [0.05, 0.1) is 39.5 Å². The first-order chi connectivity index (χ1) is 27.6. The van der Waals surface area contributed by atoms with Crippen molar-refractivity contribution < 1.29 is 0 Å². The number of para-hydroxylation sites is 1. The first-order valence-electron chi connectivity index (χ1n) is 18.5. The van der Waals surface area contributed by atoms with Crippen molar-refractivity contribution in [2.45, 2.75) is 23.0 Å². The molecule has 0 spiro atoms. The summed E-state index contributed by atoms with van der Waals surface area (Å²) in [5.74, 6) is 2.20. The number of hydrogen-bond donors (Lipinski definition) is 5. The van der Waals surface area contributed by atoms with Crippen LogP contribution in [0, 0.1) is 0 Å². The van der Waals surface area contributed by atoms with Crippen molar-refractivity contribution in [2.24, 2.45) is 0 Å². The summed E-state index contributed by atoms with van der Waals surface area (Å²) in [4.78, 5) is 14.1. The van der Waals surface area contributed by atoms with Crippen LogP contribution in [-0.2, 0) is 23.0 Å². The van der Waals surface area contributed by atoms with Gasteiger partial charge in [0.1, 0.15) is 0 Å². The number of thiol groups is 4. The second kappa shape index (κ2) is 15.8. The highest BCUT2D eigenvalue weighted by molar-refractivity contribution is 7.79. The molecule has 0 saturated carbocycles. The molecule has 4 nitrogen and oxygen atoms in total. The average Bonchev–Trinajstić information content (AvgIpc) is 4.06. The van der Waals surface area contributed by atoms with Gasteiger partial charge in [-0.3, -0.25) is 0 Å². The Morgan fingerprint density at radius 3 is 1.50 bits per heavy atom. The second-order valence-corrected chi connectivity index (χ2v) is 15.0. The Labute approximate surface area is 348 Å². The third kappa shape index (κ3) is 6.64. The molecular weight excluding hydrogens is 761 g/mol. The molecule has 8 heteroatoms. The highest BCUT2D eigenvalue weighted by atomic mass is 32.1. The molecule has 9 rings (SSSR count). The van der Waals surface area contributed by atoms with Crippen molar-refractivity contribution in [1.29, 1.82) is 0 Å². The fourth-order valence-corrected chi connectivity index (χ4v) is 9.01. The van der Waals surface area contributed by atoms with E-state index < -0.39 is 0 Å². The summed E-state index contributed by atoms with van der Waals surface area (Å²) in [5.41, 5.74) is 19.3. The van der Waals surface area contributed by atoms with Gasteiger partial charge in [0.2, 0.25) is 0 Å². The average molecular weight is 799 g/mol. The van der Waals surface area contributed by atoms with Gasteiger partial charge in [-0.05, 0) is 99.6 Å². The Bertz CT molecular complexity index is 2880. The van der Waals surface area contributed by atoms with E-state index in [0.29, 0.717) is 23.0 Å². The van der Waals surface area contributed by atoms with Gasteiger partial charge in [-0.15, -0.1) is 0 Å². The topological polar surface area (TPSA) is 46.5 Å². The quantitative estimate of drug-likeness (QED) is 0.0995. The van der Waals surface area contributed by atoms with E-state index in [9.17, 15) is 0 Å². The zero-order chi connectivity index (χ0) is 38.2. The predicted molar refractivity (Wildman–Crippen MR) is 251 cm³/mol. The SMILES string of the molecule is SCc1ccccc1-c1c(-c2ccccc2CS)c2c(-c3ccccc3CS)c3nc(cc4ccc(cc5nc(cc1n2-c1ccccc1CS)C=C5)[nH]4)C=C3. The Morgan fingerprint density at radius 2 is 0.911 bits per heavy atom. The molecule has 4 aromatic carbocycles. The summed E-state index contributed by atoms with van der Waals surface area (Å²) in [7, 11) is 0. The van der Waals surface area contributed by atoms with Crippen LogP contribution in [0.2, 0.25) is 0 Å². The van der Waals surface area contributed by atoms with Crippen molar-refractivity contribution in [2.75, 3.05) is 0 Å². The Morgan fingerprint density at radius 1 is 0.446 bits per heavy atom. The van der Waals surface area contributed by atoms with E-state index in [-0.39, 0.29) is 0 Å². The van der Waals surface area contributed by atoms with E-state index >= 15 is 0 Å². The van der Waals surface area contributed by atoms with Crippen LogP contribution in [-0.4, -0.2) is 19.5 Å². The summed E-state index contributed by atoms with van der Waals surface area (Å²) in [6, 6.07) is 44.9. The van der Waals surface area contributed by atoms with Gasteiger partial charge in [0.15, 0.2) is 0 Å². The molecule has 0 amide bonds. The lowest BCUT2D eigenvalue weighted by atomic mass is 9.89. The molecule has 1 N–H and O–H groups in total. The molecule has 2 aliphatic heterocycles. The Kier molecular flexibility index (Phi) is 10.3. The Balaban J connectivity index is 1.67. The predicted octanol–water partition coefficient (Wildman–Crippen LogP) is 12.8. The minimum Gasteiger partial charge on any atom is -0.355 e. The highest BCUT2D eigenvalue weighted by Gasteiger charge is 2.28. The molecule has 0 fully saturated rings. The highest BCUT2D eigenvalue weighted by Crippen LogP contribution is 2.50. The normalized spacial score (nSPS) is 12.1. The molecule has 3 aromatic heterocycles. The third-order valence-corrected chi connectivity index (χ3v) is 11.8. The first-order valence-corrected chi connectivity index (χ1v) is 21.0. The lowest BCUT2D eigenvalue weighted by molar-refractivity contribution is 1.14. The second-order valence-electron chi connectivity index (χ2n) is 13.8. The number of aromatic nitrogens is 4. The van der Waals surface area contributed by atoms with Crippen LogP contribution < -0.4 is 0 Å². The number of nitrogens with one attached hydrogen (secondary N) is 1. The van der Waals surface area contributed by atoms with Gasteiger partial charge in [-0.2, -0.15) is 50.5 Å². The number of fused-ring (bicyclic) bond motifs is 8. The van der Waals surface area contributed by atoms with E-state index in [0.717, 1.165) is 106 Å². The van der Waals surface area contributed by atoms with Crippen LogP contribution in [0.25, 0.3) is 85.4 Å². The largest absolute Gasteiger partial charge is 0.355 e. The number of benzene rings is 4. The molecule has 2 aliphatic rings. The molecule has 0 radical (unpaired) electrons. The lowest BCUT2D eigenvalue weighted by Gasteiger charge is -2.18. The van der Waals surface area contributed by atoms with Gasteiger partial charge < -0.3 is 9.55 Å². The molecule has 0 atom stereocenters.